The first-order valence-electron chi connectivity index (χ1n) is 11.0. The highest BCUT2D eigenvalue weighted by molar-refractivity contribution is 6.05. The lowest BCUT2D eigenvalue weighted by atomic mass is 10.1. The molecule has 0 unspecified atom stereocenters. The van der Waals surface area contributed by atoms with Crippen molar-refractivity contribution in [2.45, 2.75) is 26.9 Å². The number of para-hydroxylation sites is 1. The zero-order valence-electron chi connectivity index (χ0n) is 19.6. The Kier molecular flexibility index (Phi) is 6.69. The van der Waals surface area contributed by atoms with Gasteiger partial charge in [-0.3, -0.25) is 4.79 Å². The number of carbonyl (C=O) groups excluding carboxylic acids is 2. The fourth-order valence-corrected chi connectivity index (χ4v) is 3.72. The van der Waals surface area contributed by atoms with E-state index in [2.05, 4.69) is 10.4 Å². The standard InChI is InChI=1S/C26H22F3N3O4/c1-4-35-25(34)20-14-22(32(31-20)21-11-6-5-8-15(21)2)17-9-7-10-18(13-17)30-24(33)19-12-16(3)36-23(19)26(27,28)29/h5-14H,4H2,1-3H3,(H,30,33). The number of aryl methyl sites for hydroxylation is 2. The third-order valence-corrected chi connectivity index (χ3v) is 5.31. The second-order valence-electron chi connectivity index (χ2n) is 7.97. The summed E-state index contributed by atoms with van der Waals surface area (Å²) in [4.78, 5) is 25.1. The summed E-state index contributed by atoms with van der Waals surface area (Å²) in [6.45, 7) is 5.10. The van der Waals surface area contributed by atoms with Gasteiger partial charge in [-0.1, -0.05) is 30.3 Å². The predicted octanol–water partition coefficient (Wildman–Crippen LogP) is 6.20. The maximum absolute atomic E-state index is 13.3. The Hall–Kier alpha value is -4.34. The van der Waals surface area contributed by atoms with Gasteiger partial charge in [0.2, 0.25) is 5.76 Å². The topological polar surface area (TPSA) is 86.4 Å². The molecule has 0 aliphatic heterocycles. The number of nitrogens with one attached hydrogen (secondary N) is 1. The van der Waals surface area contributed by atoms with E-state index < -0.39 is 29.4 Å². The Bertz CT molecular complexity index is 1440. The van der Waals surface area contributed by atoms with Gasteiger partial charge >= 0.3 is 12.1 Å². The van der Waals surface area contributed by atoms with Crippen LogP contribution in [0.2, 0.25) is 0 Å². The van der Waals surface area contributed by atoms with Gasteiger partial charge in [-0.05, 0) is 56.7 Å². The van der Waals surface area contributed by atoms with E-state index in [-0.39, 0.29) is 23.7 Å². The lowest BCUT2D eigenvalue weighted by Gasteiger charge is -2.12. The third-order valence-electron chi connectivity index (χ3n) is 5.31. The molecule has 0 spiro atoms. The molecule has 2 aromatic heterocycles. The molecule has 0 aliphatic rings. The van der Waals surface area contributed by atoms with E-state index in [4.69, 9.17) is 9.15 Å². The van der Waals surface area contributed by atoms with Crippen molar-refractivity contribution in [3.63, 3.8) is 0 Å². The number of carbonyl (C=O) groups is 2. The Balaban J connectivity index is 1.73. The molecule has 2 aromatic carbocycles. The van der Waals surface area contributed by atoms with E-state index >= 15 is 0 Å². The molecule has 0 radical (unpaired) electrons. The van der Waals surface area contributed by atoms with Gasteiger partial charge in [-0.2, -0.15) is 18.3 Å². The lowest BCUT2D eigenvalue weighted by molar-refractivity contribution is -0.153. The molecule has 1 N–H and O–H groups in total. The summed E-state index contributed by atoms with van der Waals surface area (Å²) in [6.07, 6.45) is -4.81. The van der Waals surface area contributed by atoms with Crippen LogP contribution in [0.5, 0.6) is 0 Å². The first-order valence-corrected chi connectivity index (χ1v) is 11.0. The van der Waals surface area contributed by atoms with E-state index in [9.17, 15) is 22.8 Å². The summed E-state index contributed by atoms with van der Waals surface area (Å²) in [5.41, 5.74) is 2.45. The molecule has 10 heteroatoms. The van der Waals surface area contributed by atoms with Crippen LogP contribution in [0.25, 0.3) is 16.9 Å². The summed E-state index contributed by atoms with van der Waals surface area (Å²) in [7, 11) is 0. The minimum absolute atomic E-state index is 0.0325. The summed E-state index contributed by atoms with van der Waals surface area (Å²) < 4.78 is 51.2. The van der Waals surface area contributed by atoms with Crippen molar-refractivity contribution in [2.75, 3.05) is 11.9 Å². The Morgan fingerprint density at radius 3 is 2.50 bits per heavy atom. The zero-order chi connectivity index (χ0) is 26.0. The first kappa shape index (κ1) is 24.8. The van der Waals surface area contributed by atoms with E-state index in [0.29, 0.717) is 11.3 Å². The van der Waals surface area contributed by atoms with Crippen LogP contribution < -0.4 is 5.32 Å². The molecule has 0 bridgehead atoms. The molecule has 4 aromatic rings. The quantitative estimate of drug-likeness (QED) is 0.321. The Morgan fingerprint density at radius 2 is 1.81 bits per heavy atom. The van der Waals surface area contributed by atoms with Crippen LogP contribution in [0.4, 0.5) is 18.9 Å². The number of rotatable bonds is 6. The van der Waals surface area contributed by atoms with Crippen LogP contribution in [-0.2, 0) is 10.9 Å². The second kappa shape index (κ2) is 9.73. The van der Waals surface area contributed by atoms with E-state index in [1.54, 1.807) is 41.9 Å². The van der Waals surface area contributed by atoms with Crippen molar-refractivity contribution < 1.29 is 31.9 Å². The SMILES string of the molecule is CCOC(=O)c1cc(-c2cccc(NC(=O)c3cc(C)oc3C(F)(F)F)c2)n(-c2ccccc2C)n1. The highest BCUT2D eigenvalue weighted by atomic mass is 19.4. The molecule has 0 saturated carbocycles. The van der Waals surface area contributed by atoms with Gasteiger partial charge in [-0.15, -0.1) is 0 Å². The van der Waals surface area contributed by atoms with Gasteiger partial charge in [0.25, 0.3) is 5.91 Å². The number of ether oxygens (including phenoxy) is 1. The molecule has 0 saturated heterocycles. The number of alkyl halides is 3. The predicted molar refractivity (Wildman–Crippen MR) is 126 cm³/mol. The number of amides is 1. The second-order valence-corrected chi connectivity index (χ2v) is 7.97. The zero-order valence-corrected chi connectivity index (χ0v) is 19.6. The van der Waals surface area contributed by atoms with Gasteiger partial charge in [0, 0.05) is 11.3 Å². The van der Waals surface area contributed by atoms with Gasteiger partial charge < -0.3 is 14.5 Å². The number of hydrogen-bond acceptors (Lipinski definition) is 5. The van der Waals surface area contributed by atoms with Crippen molar-refractivity contribution in [1.29, 1.82) is 0 Å². The molecule has 2 heterocycles. The molecule has 4 rings (SSSR count). The number of nitrogens with zero attached hydrogens (tertiary/aromatic N) is 2. The average Bonchev–Trinajstić information content (AvgIpc) is 3.44. The van der Waals surface area contributed by atoms with Crippen LogP contribution in [0, 0.1) is 13.8 Å². The van der Waals surface area contributed by atoms with Crippen LogP contribution in [0.15, 0.2) is 65.1 Å². The van der Waals surface area contributed by atoms with Crippen molar-refractivity contribution in [3.05, 3.63) is 89.0 Å². The van der Waals surface area contributed by atoms with Crippen molar-refractivity contribution in [2.24, 2.45) is 0 Å². The van der Waals surface area contributed by atoms with Gasteiger partial charge in [0.05, 0.1) is 23.6 Å². The fraction of sp³-hybridized carbons (Fsp3) is 0.192. The first-order chi connectivity index (χ1) is 17.1. The van der Waals surface area contributed by atoms with Gasteiger partial charge in [0.1, 0.15) is 5.76 Å². The fourth-order valence-electron chi connectivity index (χ4n) is 3.72. The van der Waals surface area contributed by atoms with Crippen LogP contribution in [-0.4, -0.2) is 28.3 Å². The van der Waals surface area contributed by atoms with E-state index in [0.717, 1.165) is 17.3 Å². The average molecular weight is 497 g/mol. The van der Waals surface area contributed by atoms with E-state index in [1.807, 2.05) is 31.2 Å². The number of furan rings is 1. The van der Waals surface area contributed by atoms with Crippen LogP contribution in [0.1, 0.15) is 44.9 Å². The summed E-state index contributed by atoms with van der Waals surface area (Å²) in [5.74, 6) is -2.94. The molecular formula is C26H22F3N3O4. The molecule has 7 nitrogen and oxygen atoms in total. The third kappa shape index (κ3) is 5.02. The number of halogens is 3. The van der Waals surface area contributed by atoms with Crippen molar-refractivity contribution >= 4 is 17.6 Å². The highest BCUT2D eigenvalue weighted by Gasteiger charge is 2.40. The molecule has 0 atom stereocenters. The maximum Gasteiger partial charge on any atom is 0.450 e. The molecule has 0 fully saturated rings. The molecule has 0 aliphatic carbocycles. The summed E-state index contributed by atoms with van der Waals surface area (Å²) >= 11 is 0. The number of benzene rings is 2. The normalized spacial score (nSPS) is 11.4. The molecule has 36 heavy (non-hydrogen) atoms. The van der Waals surface area contributed by atoms with Crippen LogP contribution in [0.3, 0.4) is 0 Å². The number of esters is 1. The molecule has 1 amide bonds. The molecule has 186 valence electrons. The van der Waals surface area contributed by atoms with Crippen molar-refractivity contribution in [3.8, 4) is 16.9 Å². The number of anilines is 1. The number of aromatic nitrogens is 2. The molecular weight excluding hydrogens is 475 g/mol. The summed E-state index contributed by atoms with van der Waals surface area (Å²) in [6, 6.07) is 16.5. The maximum atomic E-state index is 13.3. The highest BCUT2D eigenvalue weighted by Crippen LogP contribution is 2.35. The van der Waals surface area contributed by atoms with Crippen LogP contribution >= 0.6 is 0 Å². The van der Waals surface area contributed by atoms with Gasteiger partial charge in [-0.25, -0.2) is 9.48 Å². The lowest BCUT2D eigenvalue weighted by Crippen LogP contribution is -2.16. The Morgan fingerprint density at radius 1 is 1.06 bits per heavy atom. The van der Waals surface area contributed by atoms with E-state index in [1.165, 1.54) is 6.92 Å². The number of hydrogen-bond donors (Lipinski definition) is 1. The Labute approximate surface area is 204 Å². The minimum Gasteiger partial charge on any atom is -0.461 e. The minimum atomic E-state index is -4.81. The largest absolute Gasteiger partial charge is 0.461 e. The summed E-state index contributed by atoms with van der Waals surface area (Å²) in [5, 5.41) is 6.93. The van der Waals surface area contributed by atoms with Gasteiger partial charge in [0.15, 0.2) is 5.69 Å². The van der Waals surface area contributed by atoms with Crippen molar-refractivity contribution in [1.82, 2.24) is 9.78 Å². The smallest absolute Gasteiger partial charge is 0.450 e. The monoisotopic (exact) mass is 497 g/mol.